The van der Waals surface area contributed by atoms with Crippen molar-refractivity contribution in [3.63, 3.8) is 0 Å². The maximum Gasteiger partial charge on any atom is 0.326 e. The molecular formula is C17H20N2O5S2. The predicted octanol–water partition coefficient (Wildman–Crippen LogP) is 2.37. The molecule has 0 aliphatic rings. The van der Waals surface area contributed by atoms with Gasteiger partial charge in [0.15, 0.2) is 9.92 Å². The maximum absolute atomic E-state index is 12.0. The first-order valence-electron chi connectivity index (χ1n) is 8.07. The molecule has 0 saturated carbocycles. The van der Waals surface area contributed by atoms with Crippen LogP contribution >= 0.6 is 23.1 Å². The first-order chi connectivity index (χ1) is 12.4. The Bertz CT molecular complexity index is 885. The molecule has 1 aromatic heterocycles. The highest BCUT2D eigenvalue weighted by Gasteiger charge is 2.13. The van der Waals surface area contributed by atoms with Crippen LogP contribution in [-0.4, -0.2) is 40.5 Å². The van der Waals surface area contributed by atoms with Crippen LogP contribution in [0.15, 0.2) is 23.2 Å². The molecule has 26 heavy (non-hydrogen) atoms. The van der Waals surface area contributed by atoms with E-state index in [1.807, 2.05) is 19.1 Å². The molecular weight excluding hydrogens is 376 g/mol. The zero-order valence-corrected chi connectivity index (χ0v) is 16.4. The van der Waals surface area contributed by atoms with Crippen LogP contribution in [0.5, 0.6) is 5.75 Å². The predicted molar refractivity (Wildman–Crippen MR) is 101 cm³/mol. The Kier molecular flexibility index (Phi) is 7.40. The number of aromatic nitrogens is 1. The van der Waals surface area contributed by atoms with Crippen LogP contribution in [0, 0.1) is 0 Å². The summed E-state index contributed by atoms with van der Waals surface area (Å²) in [6.45, 7) is 5.79. The smallest absolute Gasteiger partial charge is 0.326 e. The van der Waals surface area contributed by atoms with Gasteiger partial charge < -0.3 is 14.0 Å². The van der Waals surface area contributed by atoms with Crippen molar-refractivity contribution < 1.29 is 23.9 Å². The molecule has 1 heterocycles. The minimum Gasteiger partial charge on any atom is -0.494 e. The van der Waals surface area contributed by atoms with E-state index in [0.717, 1.165) is 22.0 Å². The van der Waals surface area contributed by atoms with Crippen LogP contribution in [0.4, 0.5) is 0 Å². The largest absolute Gasteiger partial charge is 0.494 e. The maximum atomic E-state index is 12.0. The van der Waals surface area contributed by atoms with Crippen LogP contribution < -0.4 is 9.54 Å². The van der Waals surface area contributed by atoms with Gasteiger partial charge in [-0.15, -0.1) is 0 Å². The lowest BCUT2D eigenvalue weighted by Crippen LogP contribution is -2.23. The second-order valence-corrected chi connectivity index (χ2v) is 7.29. The quantitative estimate of drug-likeness (QED) is 0.668. The summed E-state index contributed by atoms with van der Waals surface area (Å²) in [6.07, 6.45) is 0. The fourth-order valence-corrected chi connectivity index (χ4v) is 3.65. The number of thiazole rings is 1. The average molecular weight is 396 g/mol. The van der Waals surface area contributed by atoms with Gasteiger partial charge in [0, 0.05) is 6.92 Å². The zero-order chi connectivity index (χ0) is 19.1. The van der Waals surface area contributed by atoms with E-state index in [2.05, 4.69) is 4.99 Å². The summed E-state index contributed by atoms with van der Waals surface area (Å²) < 4.78 is 13.0. The molecule has 2 aromatic rings. The Morgan fingerprint density at radius 3 is 2.65 bits per heavy atom. The summed E-state index contributed by atoms with van der Waals surface area (Å²) in [4.78, 5) is 39.5. The molecule has 0 fully saturated rings. The number of thioether (sulfide) groups is 1. The zero-order valence-electron chi connectivity index (χ0n) is 14.8. The third kappa shape index (κ3) is 5.43. The second kappa shape index (κ2) is 9.54. The van der Waals surface area contributed by atoms with Crippen LogP contribution in [-0.2, 0) is 25.7 Å². The summed E-state index contributed by atoms with van der Waals surface area (Å²) in [6, 6.07) is 5.47. The van der Waals surface area contributed by atoms with Crippen molar-refractivity contribution in [1.29, 1.82) is 0 Å². The molecule has 2 rings (SSSR count). The molecule has 140 valence electrons. The number of amides is 1. The van der Waals surface area contributed by atoms with Gasteiger partial charge >= 0.3 is 5.97 Å². The Hall–Kier alpha value is -2.13. The first kappa shape index (κ1) is 20.2. The number of ether oxygens (including phenoxy) is 2. The van der Waals surface area contributed by atoms with E-state index in [-0.39, 0.29) is 24.0 Å². The third-order valence-corrected chi connectivity index (χ3v) is 5.02. The van der Waals surface area contributed by atoms with Gasteiger partial charge in [0.25, 0.3) is 5.91 Å². The fraction of sp³-hybridized carbons (Fsp3) is 0.412. The number of hydrogen-bond acceptors (Lipinski definition) is 7. The van der Waals surface area contributed by atoms with E-state index >= 15 is 0 Å². The summed E-state index contributed by atoms with van der Waals surface area (Å²) in [5, 5.41) is -0.148. The minimum absolute atomic E-state index is 0.0345. The summed E-state index contributed by atoms with van der Waals surface area (Å²) in [7, 11) is 0. The molecule has 0 atom stereocenters. The summed E-state index contributed by atoms with van der Waals surface area (Å²) in [5.41, 5.74) is 0.761. The van der Waals surface area contributed by atoms with E-state index in [9.17, 15) is 14.4 Å². The van der Waals surface area contributed by atoms with Gasteiger partial charge in [-0.25, -0.2) is 0 Å². The van der Waals surface area contributed by atoms with Gasteiger partial charge in [-0.1, -0.05) is 23.1 Å². The normalized spacial score (nSPS) is 11.6. The Balaban J connectivity index is 2.46. The molecule has 1 aromatic carbocycles. The fourth-order valence-electron chi connectivity index (χ4n) is 2.19. The molecule has 1 amide bonds. The van der Waals surface area contributed by atoms with Crippen molar-refractivity contribution >= 4 is 50.3 Å². The van der Waals surface area contributed by atoms with Crippen molar-refractivity contribution in [2.45, 2.75) is 27.3 Å². The van der Waals surface area contributed by atoms with Crippen LogP contribution in [0.2, 0.25) is 0 Å². The topological polar surface area (TPSA) is 87.0 Å². The molecule has 0 unspecified atom stereocenters. The highest BCUT2D eigenvalue weighted by Crippen LogP contribution is 2.23. The SMILES string of the molecule is CCOC(=O)Cn1c(=NC(=O)CSC(C)=O)sc2cc(OCC)ccc21. The summed E-state index contributed by atoms with van der Waals surface area (Å²) >= 11 is 2.18. The van der Waals surface area contributed by atoms with Crippen molar-refractivity contribution in [2.75, 3.05) is 19.0 Å². The van der Waals surface area contributed by atoms with Gasteiger partial charge in [0.1, 0.15) is 12.3 Å². The third-order valence-electron chi connectivity index (χ3n) is 3.18. The highest BCUT2D eigenvalue weighted by atomic mass is 32.2. The van der Waals surface area contributed by atoms with Crippen molar-refractivity contribution in [1.82, 2.24) is 4.57 Å². The molecule has 9 heteroatoms. The average Bonchev–Trinajstić information content (AvgIpc) is 2.90. The minimum atomic E-state index is -0.431. The lowest BCUT2D eigenvalue weighted by atomic mass is 10.3. The number of carbonyl (C=O) groups is 3. The first-order valence-corrected chi connectivity index (χ1v) is 9.87. The number of rotatable bonds is 7. The van der Waals surface area contributed by atoms with Crippen LogP contribution in [0.3, 0.4) is 0 Å². The van der Waals surface area contributed by atoms with Crippen molar-refractivity contribution in [3.05, 3.63) is 23.0 Å². The second-order valence-electron chi connectivity index (χ2n) is 5.12. The highest BCUT2D eigenvalue weighted by molar-refractivity contribution is 8.14. The number of fused-ring (bicyclic) bond motifs is 1. The summed E-state index contributed by atoms with van der Waals surface area (Å²) in [5.74, 6) is -0.172. The lowest BCUT2D eigenvalue weighted by molar-refractivity contribution is -0.143. The number of benzene rings is 1. The van der Waals surface area contributed by atoms with E-state index < -0.39 is 11.9 Å². The van der Waals surface area contributed by atoms with Gasteiger partial charge in [-0.2, -0.15) is 4.99 Å². The Labute approximate surface area is 159 Å². The van der Waals surface area contributed by atoms with Crippen molar-refractivity contribution in [2.24, 2.45) is 4.99 Å². The van der Waals surface area contributed by atoms with Gasteiger partial charge in [-0.3, -0.25) is 14.4 Å². The van der Waals surface area contributed by atoms with Gasteiger partial charge in [0.2, 0.25) is 0 Å². The van der Waals surface area contributed by atoms with E-state index in [0.29, 0.717) is 17.2 Å². The Morgan fingerprint density at radius 1 is 1.23 bits per heavy atom. The van der Waals surface area contributed by atoms with Crippen molar-refractivity contribution in [3.8, 4) is 5.75 Å². The number of hydrogen-bond donors (Lipinski definition) is 0. The molecule has 0 radical (unpaired) electrons. The van der Waals surface area contributed by atoms with Gasteiger partial charge in [0.05, 0.1) is 29.2 Å². The van der Waals surface area contributed by atoms with E-state index in [1.165, 1.54) is 18.3 Å². The molecule has 0 N–H and O–H groups in total. The monoisotopic (exact) mass is 396 g/mol. The number of nitrogens with zero attached hydrogens (tertiary/aromatic N) is 2. The van der Waals surface area contributed by atoms with Crippen LogP contribution in [0.25, 0.3) is 10.2 Å². The molecule has 0 aliphatic carbocycles. The molecule has 0 aliphatic heterocycles. The number of carbonyl (C=O) groups excluding carboxylic acids is 3. The number of esters is 1. The Morgan fingerprint density at radius 2 is 2.00 bits per heavy atom. The standard InChI is InChI=1S/C17H20N2O5S2/c1-4-23-12-6-7-13-14(8-12)26-17(18-15(21)10-25-11(3)20)19(13)9-16(22)24-5-2/h6-8H,4-5,9-10H2,1-3H3. The molecule has 0 spiro atoms. The van der Waals surface area contributed by atoms with E-state index in [4.69, 9.17) is 9.47 Å². The lowest BCUT2D eigenvalue weighted by Gasteiger charge is -2.06. The molecule has 0 saturated heterocycles. The molecule has 0 bridgehead atoms. The van der Waals surface area contributed by atoms with Gasteiger partial charge in [-0.05, 0) is 32.0 Å². The van der Waals surface area contributed by atoms with Crippen LogP contribution in [0.1, 0.15) is 20.8 Å². The molecule has 7 nitrogen and oxygen atoms in total. The van der Waals surface area contributed by atoms with E-state index in [1.54, 1.807) is 17.6 Å².